The monoisotopic (exact) mass is 247 g/mol. The molecule has 2 rings (SSSR count). The molecule has 0 radical (unpaired) electrons. The third kappa shape index (κ3) is 3.23. The summed E-state index contributed by atoms with van der Waals surface area (Å²) in [5.41, 5.74) is 9.59. The van der Waals surface area contributed by atoms with E-state index >= 15 is 0 Å². The first-order chi connectivity index (χ1) is 8.81. The van der Waals surface area contributed by atoms with Gasteiger partial charge in [-0.15, -0.1) is 0 Å². The molecule has 1 aliphatic carbocycles. The van der Waals surface area contributed by atoms with Crippen LogP contribution in [0.1, 0.15) is 18.4 Å². The van der Waals surface area contributed by atoms with Gasteiger partial charge in [-0.2, -0.15) is 0 Å². The number of aliphatic hydroxyl groups is 1. The fraction of sp³-hybridized carbons (Fsp3) is 0.538. The quantitative estimate of drug-likeness (QED) is 0.493. The molecule has 0 spiro atoms. The van der Waals surface area contributed by atoms with Gasteiger partial charge in [0.2, 0.25) is 0 Å². The molecule has 0 saturated heterocycles. The molecule has 5 heteroatoms. The highest BCUT2D eigenvalue weighted by atomic mass is 16.5. The molecule has 1 aliphatic rings. The topological polar surface area (TPSA) is 78.2 Å². The van der Waals surface area contributed by atoms with Gasteiger partial charge in [-0.3, -0.25) is 0 Å². The maximum Gasteiger partial charge on any atom is 0.0717 e. The molecule has 0 heterocycles. The maximum atomic E-state index is 9.69. The molecule has 18 heavy (non-hydrogen) atoms. The Kier molecular flexibility index (Phi) is 4.59. The lowest BCUT2D eigenvalue weighted by Crippen LogP contribution is -2.25. The lowest BCUT2D eigenvalue weighted by molar-refractivity contribution is 0.0731. The standard InChI is InChI=1S/C13H17N3O2/c14-16-15-13-11(6-7-12(13)17)9-18-8-10-4-2-1-3-5-10/h1-5,11-13,17H,6-9H2/t11-,12-,13-/m0/s1. The van der Waals surface area contributed by atoms with E-state index in [1.54, 1.807) is 0 Å². The summed E-state index contributed by atoms with van der Waals surface area (Å²) >= 11 is 0. The molecule has 0 aromatic heterocycles. The number of benzene rings is 1. The van der Waals surface area contributed by atoms with Gasteiger partial charge in [0.05, 0.1) is 25.4 Å². The van der Waals surface area contributed by atoms with E-state index in [1.807, 2.05) is 30.3 Å². The largest absolute Gasteiger partial charge is 0.393 e. The van der Waals surface area contributed by atoms with E-state index < -0.39 is 6.10 Å². The van der Waals surface area contributed by atoms with Crippen LogP contribution in [0.2, 0.25) is 0 Å². The van der Waals surface area contributed by atoms with Crippen molar-refractivity contribution in [2.75, 3.05) is 6.61 Å². The van der Waals surface area contributed by atoms with E-state index in [-0.39, 0.29) is 12.0 Å². The summed E-state index contributed by atoms with van der Waals surface area (Å²) in [4.78, 5) is 2.79. The minimum atomic E-state index is -0.522. The number of hydrogen-bond acceptors (Lipinski definition) is 3. The average molecular weight is 247 g/mol. The molecule has 1 fully saturated rings. The van der Waals surface area contributed by atoms with Gasteiger partial charge in [-0.25, -0.2) is 0 Å². The predicted octanol–water partition coefficient (Wildman–Crippen LogP) is 2.65. The fourth-order valence-electron chi connectivity index (χ4n) is 2.36. The summed E-state index contributed by atoms with van der Waals surface area (Å²) in [5.74, 6) is 0.125. The van der Waals surface area contributed by atoms with Gasteiger partial charge in [-0.05, 0) is 29.9 Å². The lowest BCUT2D eigenvalue weighted by atomic mass is 10.1. The van der Waals surface area contributed by atoms with Crippen molar-refractivity contribution in [1.82, 2.24) is 0 Å². The van der Waals surface area contributed by atoms with E-state index in [9.17, 15) is 5.11 Å². The number of ether oxygens (including phenoxy) is 1. The van der Waals surface area contributed by atoms with Crippen LogP contribution in [0.4, 0.5) is 0 Å². The summed E-state index contributed by atoms with van der Waals surface area (Å²) in [6, 6.07) is 9.59. The molecule has 96 valence electrons. The summed E-state index contributed by atoms with van der Waals surface area (Å²) in [5, 5.41) is 13.3. The van der Waals surface area contributed by atoms with Crippen LogP contribution in [-0.4, -0.2) is 23.9 Å². The Hall–Kier alpha value is -1.55. The van der Waals surface area contributed by atoms with Crippen LogP contribution in [0.15, 0.2) is 35.4 Å². The van der Waals surface area contributed by atoms with Crippen molar-refractivity contribution in [2.45, 2.75) is 31.6 Å². The van der Waals surface area contributed by atoms with Crippen LogP contribution in [0.5, 0.6) is 0 Å². The Morgan fingerprint density at radius 3 is 2.83 bits per heavy atom. The summed E-state index contributed by atoms with van der Waals surface area (Å²) < 4.78 is 5.63. The van der Waals surface area contributed by atoms with Crippen molar-refractivity contribution in [1.29, 1.82) is 0 Å². The molecule has 5 nitrogen and oxygen atoms in total. The number of azide groups is 1. The molecule has 0 aliphatic heterocycles. The first-order valence-electron chi connectivity index (χ1n) is 6.15. The number of nitrogens with zero attached hydrogens (tertiary/aromatic N) is 3. The lowest BCUT2D eigenvalue weighted by Gasteiger charge is -2.16. The molecule has 1 aromatic carbocycles. The average Bonchev–Trinajstić information content (AvgIpc) is 2.73. The Bertz CT molecular complexity index is 418. The first-order valence-corrected chi connectivity index (χ1v) is 6.15. The molecule has 0 amide bonds. The highest BCUT2D eigenvalue weighted by molar-refractivity contribution is 5.13. The summed E-state index contributed by atoms with van der Waals surface area (Å²) in [6.07, 6.45) is 1.01. The zero-order valence-electron chi connectivity index (χ0n) is 10.1. The van der Waals surface area contributed by atoms with Gasteiger partial charge in [0.1, 0.15) is 0 Å². The summed E-state index contributed by atoms with van der Waals surface area (Å²) in [7, 11) is 0. The van der Waals surface area contributed by atoms with E-state index in [0.717, 1.165) is 12.0 Å². The first kappa shape index (κ1) is 12.9. The normalized spacial score (nSPS) is 26.8. The van der Waals surface area contributed by atoms with Crippen LogP contribution in [0.25, 0.3) is 10.4 Å². The molecule has 1 N–H and O–H groups in total. The second-order valence-corrected chi connectivity index (χ2v) is 4.60. The Balaban J connectivity index is 1.81. The Labute approximate surface area is 106 Å². The minimum Gasteiger partial charge on any atom is -0.393 e. The molecular weight excluding hydrogens is 230 g/mol. The second kappa shape index (κ2) is 6.40. The van der Waals surface area contributed by atoms with Crippen molar-refractivity contribution in [3.63, 3.8) is 0 Å². The van der Waals surface area contributed by atoms with Crippen molar-refractivity contribution in [2.24, 2.45) is 11.0 Å². The van der Waals surface area contributed by atoms with Gasteiger partial charge in [-0.1, -0.05) is 35.4 Å². The number of rotatable bonds is 5. The van der Waals surface area contributed by atoms with Gasteiger partial charge in [0.15, 0.2) is 0 Å². The third-order valence-corrected chi connectivity index (χ3v) is 3.34. The Morgan fingerprint density at radius 1 is 1.33 bits per heavy atom. The van der Waals surface area contributed by atoms with E-state index in [4.69, 9.17) is 10.3 Å². The molecule has 3 atom stereocenters. The van der Waals surface area contributed by atoms with Gasteiger partial charge < -0.3 is 9.84 Å². The van der Waals surface area contributed by atoms with E-state index in [1.165, 1.54) is 0 Å². The molecule has 1 aromatic rings. The molecule has 1 saturated carbocycles. The van der Waals surface area contributed by atoms with Crippen LogP contribution >= 0.6 is 0 Å². The van der Waals surface area contributed by atoms with Crippen molar-refractivity contribution < 1.29 is 9.84 Å². The van der Waals surface area contributed by atoms with Crippen LogP contribution in [0.3, 0.4) is 0 Å². The molecule has 0 bridgehead atoms. The maximum absolute atomic E-state index is 9.69. The second-order valence-electron chi connectivity index (χ2n) is 4.60. The van der Waals surface area contributed by atoms with Crippen molar-refractivity contribution in [3.05, 3.63) is 46.3 Å². The van der Waals surface area contributed by atoms with Crippen LogP contribution < -0.4 is 0 Å². The van der Waals surface area contributed by atoms with Crippen LogP contribution in [0, 0.1) is 5.92 Å². The third-order valence-electron chi connectivity index (χ3n) is 3.34. The van der Waals surface area contributed by atoms with E-state index in [0.29, 0.717) is 19.6 Å². The highest BCUT2D eigenvalue weighted by Crippen LogP contribution is 2.29. The number of hydrogen-bond donors (Lipinski definition) is 1. The van der Waals surface area contributed by atoms with E-state index in [2.05, 4.69) is 10.0 Å². The van der Waals surface area contributed by atoms with Gasteiger partial charge in [0, 0.05) is 4.91 Å². The fourth-order valence-corrected chi connectivity index (χ4v) is 2.36. The molecular formula is C13H17N3O2. The Morgan fingerprint density at radius 2 is 2.11 bits per heavy atom. The zero-order valence-corrected chi connectivity index (χ0v) is 10.1. The summed E-state index contributed by atoms with van der Waals surface area (Å²) in [6.45, 7) is 1.08. The highest BCUT2D eigenvalue weighted by Gasteiger charge is 2.34. The van der Waals surface area contributed by atoms with Crippen molar-refractivity contribution >= 4 is 0 Å². The zero-order chi connectivity index (χ0) is 12.8. The predicted molar refractivity (Wildman–Crippen MR) is 67.8 cm³/mol. The van der Waals surface area contributed by atoms with Gasteiger partial charge in [0.25, 0.3) is 0 Å². The smallest absolute Gasteiger partial charge is 0.0717 e. The molecule has 0 unspecified atom stereocenters. The van der Waals surface area contributed by atoms with Crippen LogP contribution in [-0.2, 0) is 11.3 Å². The SMILES string of the molecule is [N-]=[N+]=N[C@H]1[C@H](COCc2ccccc2)CC[C@@H]1O. The van der Waals surface area contributed by atoms with Gasteiger partial charge >= 0.3 is 0 Å². The number of aliphatic hydroxyl groups excluding tert-OH is 1. The van der Waals surface area contributed by atoms with Crippen molar-refractivity contribution in [3.8, 4) is 0 Å². The minimum absolute atomic E-state index is 0.125.